The molecule has 0 unspecified atom stereocenters. The lowest BCUT2D eigenvalue weighted by molar-refractivity contribution is 0.251. The maximum absolute atomic E-state index is 12.7. The van der Waals surface area contributed by atoms with Crippen LogP contribution in [0.4, 0.5) is 0 Å². The third-order valence-electron chi connectivity index (χ3n) is 3.15. The van der Waals surface area contributed by atoms with E-state index in [1.165, 1.54) is 22.5 Å². The standard InChI is InChI=1S/C16H16N2O3S/c17-12-15-7-4-8-16(11-15)22(20,21)18(9-10-19)13-14-5-2-1-3-6-14/h1-8,11,19H,9-10,13H2. The monoisotopic (exact) mass is 316 g/mol. The summed E-state index contributed by atoms with van der Waals surface area (Å²) < 4.78 is 26.6. The molecule has 114 valence electrons. The third-order valence-corrected chi connectivity index (χ3v) is 4.99. The maximum atomic E-state index is 12.7. The van der Waals surface area contributed by atoms with Crippen LogP contribution in [0, 0.1) is 11.3 Å². The highest BCUT2D eigenvalue weighted by atomic mass is 32.2. The Morgan fingerprint density at radius 3 is 2.45 bits per heavy atom. The van der Waals surface area contributed by atoms with Crippen molar-refractivity contribution in [3.05, 3.63) is 65.7 Å². The first kappa shape index (κ1) is 16.2. The van der Waals surface area contributed by atoms with Gasteiger partial charge in [-0.2, -0.15) is 9.57 Å². The summed E-state index contributed by atoms with van der Waals surface area (Å²) in [5.74, 6) is 0. The van der Waals surface area contributed by atoms with Gasteiger partial charge in [0.25, 0.3) is 0 Å². The van der Waals surface area contributed by atoms with Gasteiger partial charge in [0.2, 0.25) is 10.0 Å². The van der Waals surface area contributed by atoms with Gasteiger partial charge >= 0.3 is 0 Å². The number of sulfonamides is 1. The molecule has 0 spiro atoms. The van der Waals surface area contributed by atoms with Crippen molar-refractivity contribution in [3.63, 3.8) is 0 Å². The van der Waals surface area contributed by atoms with Crippen molar-refractivity contribution >= 4 is 10.0 Å². The van der Waals surface area contributed by atoms with Crippen molar-refractivity contribution in [2.45, 2.75) is 11.4 Å². The van der Waals surface area contributed by atoms with Crippen LogP contribution in [0.1, 0.15) is 11.1 Å². The van der Waals surface area contributed by atoms with E-state index in [1.54, 1.807) is 6.07 Å². The first-order valence-electron chi connectivity index (χ1n) is 6.73. The molecule has 0 aliphatic heterocycles. The average Bonchev–Trinajstić information content (AvgIpc) is 2.55. The summed E-state index contributed by atoms with van der Waals surface area (Å²) in [6.07, 6.45) is 0. The number of nitriles is 1. The molecule has 0 aliphatic carbocycles. The van der Waals surface area contributed by atoms with Crippen LogP contribution in [-0.4, -0.2) is 31.0 Å². The number of benzene rings is 2. The summed E-state index contributed by atoms with van der Waals surface area (Å²) >= 11 is 0. The summed E-state index contributed by atoms with van der Waals surface area (Å²) in [5.41, 5.74) is 1.11. The van der Waals surface area contributed by atoms with Crippen LogP contribution in [-0.2, 0) is 16.6 Å². The van der Waals surface area contributed by atoms with Gasteiger partial charge in [-0.3, -0.25) is 0 Å². The Morgan fingerprint density at radius 1 is 1.09 bits per heavy atom. The molecule has 6 heteroatoms. The van der Waals surface area contributed by atoms with E-state index in [2.05, 4.69) is 0 Å². The van der Waals surface area contributed by atoms with Gasteiger partial charge in [0, 0.05) is 13.1 Å². The summed E-state index contributed by atoms with van der Waals surface area (Å²) in [6, 6.07) is 17.0. The van der Waals surface area contributed by atoms with E-state index in [-0.39, 0.29) is 30.2 Å². The zero-order valence-electron chi connectivity index (χ0n) is 11.9. The fourth-order valence-electron chi connectivity index (χ4n) is 2.06. The summed E-state index contributed by atoms with van der Waals surface area (Å²) in [7, 11) is -3.77. The second-order valence-corrected chi connectivity index (χ2v) is 6.63. The van der Waals surface area contributed by atoms with Gasteiger partial charge in [0.05, 0.1) is 23.1 Å². The summed E-state index contributed by atoms with van der Waals surface area (Å²) in [4.78, 5) is 0.0518. The molecule has 2 aromatic carbocycles. The van der Waals surface area contributed by atoms with Crippen LogP contribution >= 0.6 is 0 Å². The fourth-order valence-corrected chi connectivity index (χ4v) is 3.52. The third kappa shape index (κ3) is 3.71. The van der Waals surface area contributed by atoms with Crippen molar-refractivity contribution in [1.82, 2.24) is 4.31 Å². The molecule has 2 rings (SSSR count). The van der Waals surface area contributed by atoms with Crippen molar-refractivity contribution in [2.24, 2.45) is 0 Å². The van der Waals surface area contributed by atoms with Crippen LogP contribution < -0.4 is 0 Å². The second kappa shape index (κ2) is 7.18. The highest BCUT2D eigenvalue weighted by Crippen LogP contribution is 2.19. The zero-order chi connectivity index (χ0) is 16.0. The lowest BCUT2D eigenvalue weighted by Gasteiger charge is -2.21. The highest BCUT2D eigenvalue weighted by molar-refractivity contribution is 7.89. The Morgan fingerprint density at radius 2 is 1.82 bits per heavy atom. The van der Waals surface area contributed by atoms with E-state index < -0.39 is 10.0 Å². The number of rotatable bonds is 6. The van der Waals surface area contributed by atoms with E-state index in [9.17, 15) is 8.42 Å². The number of aliphatic hydroxyl groups is 1. The van der Waals surface area contributed by atoms with Crippen LogP contribution in [0.25, 0.3) is 0 Å². The first-order chi connectivity index (χ1) is 10.6. The lowest BCUT2D eigenvalue weighted by Crippen LogP contribution is -2.33. The molecule has 0 amide bonds. The van der Waals surface area contributed by atoms with Gasteiger partial charge in [-0.25, -0.2) is 8.42 Å². The van der Waals surface area contributed by atoms with Crippen LogP contribution in [0.5, 0.6) is 0 Å². The molecule has 0 fully saturated rings. The quantitative estimate of drug-likeness (QED) is 0.880. The number of nitrogens with zero attached hydrogens (tertiary/aromatic N) is 2. The van der Waals surface area contributed by atoms with Gasteiger partial charge in [0.15, 0.2) is 0 Å². The van der Waals surface area contributed by atoms with Gasteiger partial charge < -0.3 is 5.11 Å². The molecule has 0 aromatic heterocycles. The molecule has 22 heavy (non-hydrogen) atoms. The number of aliphatic hydroxyl groups excluding tert-OH is 1. The maximum Gasteiger partial charge on any atom is 0.243 e. The average molecular weight is 316 g/mol. The minimum Gasteiger partial charge on any atom is -0.395 e. The number of hydrogen-bond acceptors (Lipinski definition) is 4. The molecule has 0 saturated carbocycles. The van der Waals surface area contributed by atoms with Crippen molar-refractivity contribution in [1.29, 1.82) is 5.26 Å². The van der Waals surface area contributed by atoms with Crippen LogP contribution in [0.15, 0.2) is 59.5 Å². The first-order valence-corrected chi connectivity index (χ1v) is 8.17. The molecule has 2 aromatic rings. The van der Waals surface area contributed by atoms with Gasteiger partial charge in [-0.15, -0.1) is 0 Å². The molecular formula is C16H16N2O3S. The van der Waals surface area contributed by atoms with E-state index in [4.69, 9.17) is 10.4 Å². The molecule has 5 nitrogen and oxygen atoms in total. The summed E-state index contributed by atoms with van der Waals surface area (Å²) in [6.45, 7) is -0.113. The normalized spacial score (nSPS) is 11.3. The molecule has 1 N–H and O–H groups in total. The topological polar surface area (TPSA) is 81.4 Å². The van der Waals surface area contributed by atoms with Crippen LogP contribution in [0.3, 0.4) is 0 Å². The fraction of sp³-hybridized carbons (Fsp3) is 0.188. The van der Waals surface area contributed by atoms with Gasteiger partial charge in [-0.1, -0.05) is 36.4 Å². The van der Waals surface area contributed by atoms with E-state index in [0.29, 0.717) is 0 Å². The van der Waals surface area contributed by atoms with E-state index in [0.717, 1.165) is 5.56 Å². The zero-order valence-corrected chi connectivity index (χ0v) is 12.7. The predicted molar refractivity (Wildman–Crippen MR) is 82.3 cm³/mol. The van der Waals surface area contributed by atoms with E-state index >= 15 is 0 Å². The Balaban J connectivity index is 2.35. The minimum atomic E-state index is -3.77. The summed E-state index contributed by atoms with van der Waals surface area (Å²) in [5, 5.41) is 18.1. The lowest BCUT2D eigenvalue weighted by atomic mass is 10.2. The van der Waals surface area contributed by atoms with Gasteiger partial charge in [0.1, 0.15) is 0 Å². The van der Waals surface area contributed by atoms with Crippen molar-refractivity contribution in [2.75, 3.05) is 13.2 Å². The molecule has 0 aliphatic rings. The largest absolute Gasteiger partial charge is 0.395 e. The van der Waals surface area contributed by atoms with Gasteiger partial charge in [-0.05, 0) is 23.8 Å². The minimum absolute atomic E-state index is 0.00594. The van der Waals surface area contributed by atoms with Crippen molar-refractivity contribution in [3.8, 4) is 6.07 Å². The Bertz CT molecular complexity index is 767. The Hall–Kier alpha value is -2.20. The SMILES string of the molecule is N#Cc1cccc(S(=O)(=O)N(CCO)Cc2ccccc2)c1. The van der Waals surface area contributed by atoms with Crippen LogP contribution in [0.2, 0.25) is 0 Å². The molecule has 0 radical (unpaired) electrons. The Labute approximate surface area is 130 Å². The predicted octanol–water partition coefficient (Wildman–Crippen LogP) is 1.74. The highest BCUT2D eigenvalue weighted by Gasteiger charge is 2.24. The molecule has 0 bridgehead atoms. The van der Waals surface area contributed by atoms with E-state index in [1.807, 2.05) is 36.4 Å². The Kier molecular flexibility index (Phi) is 5.28. The molecule has 0 saturated heterocycles. The van der Waals surface area contributed by atoms with Crippen molar-refractivity contribution < 1.29 is 13.5 Å². The smallest absolute Gasteiger partial charge is 0.243 e. The molecular weight excluding hydrogens is 300 g/mol. The number of hydrogen-bond donors (Lipinski definition) is 1. The second-order valence-electron chi connectivity index (χ2n) is 4.69. The molecule has 0 heterocycles. The molecule has 0 atom stereocenters.